The molecule has 6 nitrogen and oxygen atoms in total. The lowest BCUT2D eigenvalue weighted by Crippen LogP contribution is -2.33. The highest BCUT2D eigenvalue weighted by atomic mass is 19.4. The Kier molecular flexibility index (Phi) is 10.4. The molecule has 0 heterocycles. The third-order valence-corrected chi connectivity index (χ3v) is 7.60. The highest BCUT2D eigenvalue weighted by Gasteiger charge is 2.30. The number of ether oxygens (including phenoxy) is 1. The number of carbonyl (C=O) groups excluding carboxylic acids is 3. The third-order valence-electron chi connectivity index (χ3n) is 7.60. The van der Waals surface area contributed by atoms with Gasteiger partial charge in [0.2, 0.25) is 0 Å². The second kappa shape index (κ2) is 14.6. The quantitative estimate of drug-likeness (QED) is 0.138. The fourth-order valence-electron chi connectivity index (χ4n) is 5.27. The summed E-state index contributed by atoms with van der Waals surface area (Å²) in [7, 11) is 0. The van der Waals surface area contributed by atoms with Gasteiger partial charge in [0.15, 0.2) is 0 Å². The molecule has 0 unspecified atom stereocenters. The van der Waals surface area contributed by atoms with E-state index in [0.29, 0.717) is 33.2 Å². The average Bonchev–Trinajstić information content (AvgIpc) is 3.32. The lowest BCUT2D eigenvalue weighted by Gasteiger charge is -2.13. The zero-order chi connectivity index (χ0) is 35.2. The van der Waals surface area contributed by atoms with Crippen LogP contribution in [0.25, 0.3) is 21.9 Å². The predicted molar refractivity (Wildman–Crippen MR) is 171 cm³/mol. The van der Waals surface area contributed by atoms with E-state index >= 15 is 0 Å². The summed E-state index contributed by atoms with van der Waals surface area (Å²) in [4.78, 5) is 38.7. The van der Waals surface area contributed by atoms with Crippen LogP contribution in [0.1, 0.15) is 38.3 Å². The summed E-state index contributed by atoms with van der Waals surface area (Å²) in [6.07, 6.45) is -2.32. The number of benzene rings is 4. The minimum Gasteiger partial charge on any atom is -0.462 e. The number of amides is 2. The first kappa shape index (κ1) is 34.7. The first-order valence-electron chi connectivity index (χ1n) is 15.0. The highest BCUT2D eigenvalue weighted by molar-refractivity contribution is 6.08. The number of alkyl halides is 6. The molecule has 252 valence electrons. The fraction of sp³-hybridized carbons (Fsp3) is 0.162. The summed E-state index contributed by atoms with van der Waals surface area (Å²) in [5.74, 6) is -2.02. The van der Waals surface area contributed by atoms with Crippen molar-refractivity contribution in [1.82, 2.24) is 10.6 Å². The van der Waals surface area contributed by atoms with Crippen LogP contribution in [0, 0.1) is 0 Å². The number of carbonyl (C=O) groups is 3. The molecule has 0 bridgehead atoms. The van der Waals surface area contributed by atoms with Crippen LogP contribution in [-0.4, -0.2) is 37.1 Å². The zero-order valence-electron chi connectivity index (χ0n) is 25.6. The van der Waals surface area contributed by atoms with Crippen LogP contribution >= 0.6 is 0 Å². The Morgan fingerprint density at radius 3 is 2.14 bits per heavy atom. The molecule has 1 aliphatic rings. The number of esters is 1. The van der Waals surface area contributed by atoms with Crippen molar-refractivity contribution in [3.05, 3.63) is 143 Å². The summed E-state index contributed by atoms with van der Waals surface area (Å²) in [5.41, 5.74) is 1.59. The fourth-order valence-corrected chi connectivity index (χ4v) is 5.27. The lowest BCUT2D eigenvalue weighted by molar-refractivity contribution is -0.139. The molecule has 0 fully saturated rings. The number of hydrogen-bond donors (Lipinski definition) is 2. The number of nitrogens with one attached hydrogen (secondary N) is 2. The van der Waals surface area contributed by atoms with Gasteiger partial charge in [-0.3, -0.25) is 9.59 Å². The Labute approximate surface area is 276 Å². The van der Waals surface area contributed by atoms with Crippen LogP contribution in [0.4, 0.5) is 26.3 Å². The maximum absolute atomic E-state index is 13.2. The van der Waals surface area contributed by atoms with Gasteiger partial charge in [0.1, 0.15) is 6.54 Å². The van der Waals surface area contributed by atoms with Crippen molar-refractivity contribution >= 4 is 28.6 Å². The van der Waals surface area contributed by atoms with Gasteiger partial charge in [0.05, 0.1) is 17.7 Å². The molecule has 1 aliphatic carbocycles. The van der Waals surface area contributed by atoms with Crippen molar-refractivity contribution in [2.75, 3.05) is 13.2 Å². The normalized spacial score (nSPS) is 13.3. The van der Waals surface area contributed by atoms with E-state index in [9.17, 15) is 40.7 Å². The van der Waals surface area contributed by atoms with Crippen LogP contribution in [-0.2, 0) is 22.1 Å². The molecule has 4 aromatic rings. The largest absolute Gasteiger partial charge is 0.462 e. The van der Waals surface area contributed by atoms with Gasteiger partial charge in [-0.2, -0.15) is 26.3 Å². The van der Waals surface area contributed by atoms with Crippen molar-refractivity contribution in [2.24, 2.45) is 0 Å². The number of halogens is 6. The second-order valence-corrected chi connectivity index (χ2v) is 11.0. The third kappa shape index (κ3) is 8.83. The summed E-state index contributed by atoms with van der Waals surface area (Å²) in [5, 5.41) is 5.76. The van der Waals surface area contributed by atoms with Gasteiger partial charge in [-0.25, -0.2) is 4.79 Å². The minimum absolute atomic E-state index is 0.0701. The van der Waals surface area contributed by atoms with Crippen LogP contribution in [0.3, 0.4) is 0 Å². The predicted octanol–water partition coefficient (Wildman–Crippen LogP) is 8.10. The molecule has 2 amide bonds. The highest BCUT2D eigenvalue weighted by Crippen LogP contribution is 2.32. The molecule has 0 spiro atoms. The molecule has 0 aliphatic heterocycles. The number of fused-ring (bicyclic) bond motifs is 1. The SMILES string of the molecule is O=C(OCCc1cccc2cccc(C(=O)NCC(F)(F)F)c12)C1=CCC=C(NC(=O)c2ccccc2-c2ccc(C(F)(F)F)cc2)C=C1. The average molecular weight is 679 g/mol. The Morgan fingerprint density at radius 2 is 1.43 bits per heavy atom. The Morgan fingerprint density at radius 1 is 0.735 bits per heavy atom. The summed E-state index contributed by atoms with van der Waals surface area (Å²) in [6.45, 7) is -1.56. The van der Waals surface area contributed by atoms with E-state index in [1.807, 2.05) is 5.32 Å². The summed E-state index contributed by atoms with van der Waals surface area (Å²) < 4.78 is 82.6. The van der Waals surface area contributed by atoms with Crippen molar-refractivity contribution in [3.63, 3.8) is 0 Å². The van der Waals surface area contributed by atoms with Gasteiger partial charge in [-0.15, -0.1) is 0 Å². The van der Waals surface area contributed by atoms with Gasteiger partial charge in [-0.05, 0) is 70.3 Å². The molecular formula is C37H28F6N2O4. The molecule has 49 heavy (non-hydrogen) atoms. The molecule has 0 atom stereocenters. The Hall–Kier alpha value is -5.65. The van der Waals surface area contributed by atoms with Crippen LogP contribution in [0.15, 0.2) is 121 Å². The van der Waals surface area contributed by atoms with Gasteiger partial charge < -0.3 is 15.4 Å². The smallest absolute Gasteiger partial charge is 0.416 e. The maximum Gasteiger partial charge on any atom is 0.416 e. The summed E-state index contributed by atoms with van der Waals surface area (Å²) >= 11 is 0. The number of hydrogen-bond acceptors (Lipinski definition) is 4. The molecule has 0 aromatic heterocycles. The van der Waals surface area contributed by atoms with E-state index in [1.165, 1.54) is 30.4 Å². The summed E-state index contributed by atoms with van der Waals surface area (Å²) in [6, 6.07) is 20.9. The molecule has 2 N–H and O–H groups in total. The molecule has 5 rings (SSSR count). The van der Waals surface area contributed by atoms with Gasteiger partial charge in [0, 0.05) is 23.2 Å². The molecule has 12 heteroatoms. The monoisotopic (exact) mass is 678 g/mol. The number of rotatable bonds is 9. The molecule has 4 aromatic carbocycles. The van der Waals surface area contributed by atoms with Crippen LogP contribution in [0.2, 0.25) is 0 Å². The first-order chi connectivity index (χ1) is 23.3. The Balaban J connectivity index is 1.21. The van der Waals surface area contributed by atoms with E-state index in [1.54, 1.807) is 66.7 Å². The molecule has 0 saturated carbocycles. The lowest BCUT2D eigenvalue weighted by atomic mass is 9.97. The van der Waals surface area contributed by atoms with Crippen molar-refractivity contribution in [2.45, 2.75) is 25.2 Å². The van der Waals surface area contributed by atoms with E-state index in [4.69, 9.17) is 4.74 Å². The number of allylic oxidation sites excluding steroid dienone is 3. The Bertz CT molecular complexity index is 1970. The van der Waals surface area contributed by atoms with Crippen molar-refractivity contribution in [1.29, 1.82) is 0 Å². The van der Waals surface area contributed by atoms with E-state index in [2.05, 4.69) is 5.32 Å². The van der Waals surface area contributed by atoms with Gasteiger partial charge >= 0.3 is 18.3 Å². The van der Waals surface area contributed by atoms with Gasteiger partial charge in [-0.1, -0.05) is 72.8 Å². The van der Waals surface area contributed by atoms with E-state index in [-0.39, 0.29) is 36.1 Å². The van der Waals surface area contributed by atoms with Gasteiger partial charge in [0.25, 0.3) is 11.8 Å². The minimum atomic E-state index is -4.57. The van der Waals surface area contributed by atoms with E-state index in [0.717, 1.165) is 12.1 Å². The maximum atomic E-state index is 13.2. The topological polar surface area (TPSA) is 84.5 Å². The van der Waals surface area contributed by atoms with Crippen molar-refractivity contribution in [3.8, 4) is 11.1 Å². The molecular weight excluding hydrogens is 650 g/mol. The second-order valence-electron chi connectivity index (χ2n) is 11.0. The zero-order valence-corrected chi connectivity index (χ0v) is 25.6. The first-order valence-corrected chi connectivity index (χ1v) is 15.0. The molecule has 0 radical (unpaired) electrons. The van der Waals surface area contributed by atoms with Crippen LogP contribution < -0.4 is 10.6 Å². The standard InChI is InChI=1S/C37H28F6N2O4/c38-36(39,40)22-44-33(46)31-13-5-8-24-6-3-7-25(32(24)31)20-21-49-35(48)26-9-4-10-28(19-16-26)45-34(47)30-12-2-1-11-29(30)23-14-17-27(18-15-23)37(41,42)43/h1-3,5-19H,4,20-22H2,(H,44,46)(H,45,47). The van der Waals surface area contributed by atoms with E-state index < -0.39 is 42.2 Å². The van der Waals surface area contributed by atoms with Crippen molar-refractivity contribution < 1.29 is 45.5 Å². The van der Waals surface area contributed by atoms with Crippen LogP contribution in [0.5, 0.6) is 0 Å². The molecule has 0 saturated heterocycles.